The SMILES string of the molecule is Cc1ccc(Br)cc1C(=O)N1CCSCC1CC(=O)O. The predicted molar refractivity (Wildman–Crippen MR) is 83.3 cm³/mol. The van der Waals surface area contributed by atoms with Crippen molar-refractivity contribution < 1.29 is 14.7 Å². The maximum absolute atomic E-state index is 12.7. The van der Waals surface area contributed by atoms with Crippen LogP contribution in [0.2, 0.25) is 0 Å². The zero-order valence-corrected chi connectivity index (χ0v) is 13.5. The molecule has 1 unspecified atom stereocenters. The molecular weight excluding hydrogens is 342 g/mol. The zero-order valence-electron chi connectivity index (χ0n) is 11.1. The molecule has 108 valence electrons. The summed E-state index contributed by atoms with van der Waals surface area (Å²) in [7, 11) is 0. The molecule has 0 aromatic heterocycles. The lowest BCUT2D eigenvalue weighted by atomic mass is 10.1. The van der Waals surface area contributed by atoms with Crippen molar-refractivity contribution in [2.75, 3.05) is 18.1 Å². The van der Waals surface area contributed by atoms with Crippen molar-refractivity contribution >= 4 is 39.6 Å². The molecule has 1 amide bonds. The van der Waals surface area contributed by atoms with Crippen LogP contribution in [0.1, 0.15) is 22.3 Å². The highest BCUT2D eigenvalue weighted by atomic mass is 79.9. The number of nitrogens with zero attached hydrogens (tertiary/aromatic N) is 1. The molecule has 0 spiro atoms. The number of carbonyl (C=O) groups is 2. The van der Waals surface area contributed by atoms with Gasteiger partial charge in [0, 0.05) is 28.1 Å². The Bertz CT molecular complexity index is 535. The van der Waals surface area contributed by atoms with Crippen LogP contribution in [0.4, 0.5) is 0 Å². The van der Waals surface area contributed by atoms with Crippen molar-refractivity contribution in [2.24, 2.45) is 0 Å². The maximum atomic E-state index is 12.7. The molecule has 6 heteroatoms. The fourth-order valence-corrected chi connectivity index (χ4v) is 3.70. The topological polar surface area (TPSA) is 57.6 Å². The van der Waals surface area contributed by atoms with Crippen LogP contribution in [0.3, 0.4) is 0 Å². The van der Waals surface area contributed by atoms with E-state index in [0.717, 1.165) is 15.8 Å². The van der Waals surface area contributed by atoms with Gasteiger partial charge in [0.05, 0.1) is 12.5 Å². The predicted octanol–water partition coefficient (Wildman–Crippen LogP) is 2.79. The Morgan fingerprint density at radius 2 is 2.25 bits per heavy atom. The van der Waals surface area contributed by atoms with Gasteiger partial charge in [-0.2, -0.15) is 11.8 Å². The van der Waals surface area contributed by atoms with Crippen molar-refractivity contribution in [3.63, 3.8) is 0 Å². The minimum atomic E-state index is -0.860. The fourth-order valence-electron chi connectivity index (χ4n) is 2.27. The molecule has 4 nitrogen and oxygen atoms in total. The summed E-state index contributed by atoms with van der Waals surface area (Å²) in [6.45, 7) is 2.50. The van der Waals surface area contributed by atoms with E-state index in [-0.39, 0.29) is 18.4 Å². The van der Waals surface area contributed by atoms with E-state index in [9.17, 15) is 9.59 Å². The molecule has 0 saturated carbocycles. The van der Waals surface area contributed by atoms with Gasteiger partial charge in [0.25, 0.3) is 5.91 Å². The van der Waals surface area contributed by atoms with Crippen LogP contribution in [0, 0.1) is 6.92 Å². The van der Waals surface area contributed by atoms with E-state index in [1.165, 1.54) is 0 Å². The molecular formula is C14H16BrNO3S. The van der Waals surface area contributed by atoms with Crippen molar-refractivity contribution in [2.45, 2.75) is 19.4 Å². The summed E-state index contributed by atoms with van der Waals surface area (Å²) in [5, 5.41) is 8.98. The third-order valence-electron chi connectivity index (χ3n) is 3.33. The molecule has 1 aromatic carbocycles. The van der Waals surface area contributed by atoms with Crippen LogP contribution < -0.4 is 0 Å². The molecule has 0 bridgehead atoms. The van der Waals surface area contributed by atoms with E-state index in [2.05, 4.69) is 15.9 Å². The van der Waals surface area contributed by atoms with E-state index in [1.807, 2.05) is 19.1 Å². The minimum absolute atomic E-state index is 0.00574. The maximum Gasteiger partial charge on any atom is 0.305 e. The Hall–Kier alpha value is -1.01. The molecule has 1 fully saturated rings. The van der Waals surface area contributed by atoms with Crippen molar-refractivity contribution in [1.82, 2.24) is 4.90 Å². The van der Waals surface area contributed by atoms with E-state index in [0.29, 0.717) is 17.9 Å². The summed E-state index contributed by atoms with van der Waals surface area (Å²) in [6.07, 6.45) is 0.00574. The van der Waals surface area contributed by atoms with E-state index in [4.69, 9.17) is 5.11 Å². The largest absolute Gasteiger partial charge is 0.481 e. The zero-order chi connectivity index (χ0) is 14.7. The molecule has 0 aliphatic carbocycles. The first kappa shape index (κ1) is 15.4. The van der Waals surface area contributed by atoms with Gasteiger partial charge in [-0.05, 0) is 24.6 Å². The second-order valence-electron chi connectivity index (χ2n) is 4.78. The Balaban J connectivity index is 2.25. The molecule has 2 rings (SSSR count). The van der Waals surface area contributed by atoms with Crippen molar-refractivity contribution in [3.05, 3.63) is 33.8 Å². The Labute approximate surface area is 130 Å². The number of hydrogen-bond donors (Lipinski definition) is 1. The van der Waals surface area contributed by atoms with Gasteiger partial charge in [-0.1, -0.05) is 22.0 Å². The van der Waals surface area contributed by atoms with Crippen LogP contribution in [0.25, 0.3) is 0 Å². The first-order valence-electron chi connectivity index (χ1n) is 6.35. The molecule has 20 heavy (non-hydrogen) atoms. The number of carboxylic acid groups (broad SMARTS) is 1. The summed E-state index contributed by atoms with van der Waals surface area (Å²) >= 11 is 5.08. The third kappa shape index (κ3) is 3.55. The van der Waals surface area contributed by atoms with Gasteiger partial charge in [0.2, 0.25) is 0 Å². The van der Waals surface area contributed by atoms with Crippen molar-refractivity contribution in [1.29, 1.82) is 0 Å². The number of aliphatic carboxylic acids is 1. The lowest BCUT2D eigenvalue weighted by molar-refractivity contribution is -0.138. The Morgan fingerprint density at radius 3 is 2.95 bits per heavy atom. The average molecular weight is 358 g/mol. The van der Waals surface area contributed by atoms with Gasteiger partial charge in [-0.25, -0.2) is 0 Å². The minimum Gasteiger partial charge on any atom is -0.481 e. The summed E-state index contributed by atoms with van der Waals surface area (Å²) in [5.74, 6) is 0.608. The Morgan fingerprint density at radius 1 is 1.50 bits per heavy atom. The van der Waals surface area contributed by atoms with Crippen LogP contribution in [0.15, 0.2) is 22.7 Å². The van der Waals surface area contributed by atoms with Gasteiger partial charge in [0.1, 0.15) is 0 Å². The highest BCUT2D eigenvalue weighted by Crippen LogP contribution is 2.24. The van der Waals surface area contributed by atoms with Gasteiger partial charge in [-0.3, -0.25) is 9.59 Å². The summed E-state index contributed by atoms with van der Waals surface area (Å²) in [6, 6.07) is 5.36. The molecule has 1 N–H and O–H groups in total. The fraction of sp³-hybridized carbons (Fsp3) is 0.429. The number of carboxylic acids is 1. The number of benzene rings is 1. The van der Waals surface area contributed by atoms with E-state index < -0.39 is 5.97 Å². The van der Waals surface area contributed by atoms with Gasteiger partial charge in [-0.15, -0.1) is 0 Å². The average Bonchev–Trinajstić information content (AvgIpc) is 2.41. The summed E-state index contributed by atoms with van der Waals surface area (Å²) in [4.78, 5) is 25.3. The number of hydrogen-bond acceptors (Lipinski definition) is 3. The molecule has 1 aliphatic heterocycles. The second kappa shape index (κ2) is 6.63. The standard InChI is InChI=1S/C14H16BrNO3S/c1-9-2-3-10(15)6-12(9)14(19)16-4-5-20-8-11(16)7-13(17)18/h2-3,6,11H,4-5,7-8H2,1H3,(H,17,18). The number of halogens is 1. The number of carbonyl (C=O) groups excluding carboxylic acids is 1. The summed E-state index contributed by atoms with van der Waals surface area (Å²) in [5.41, 5.74) is 1.55. The molecule has 1 atom stereocenters. The lowest BCUT2D eigenvalue weighted by Crippen LogP contribution is -2.47. The molecule has 1 heterocycles. The summed E-state index contributed by atoms with van der Waals surface area (Å²) < 4.78 is 0.854. The third-order valence-corrected chi connectivity index (χ3v) is 4.91. The number of aryl methyl sites for hydroxylation is 1. The van der Waals surface area contributed by atoms with E-state index >= 15 is 0 Å². The first-order chi connectivity index (χ1) is 9.49. The smallest absolute Gasteiger partial charge is 0.305 e. The van der Waals surface area contributed by atoms with Crippen LogP contribution in [-0.4, -0.2) is 46.0 Å². The van der Waals surface area contributed by atoms with Crippen molar-refractivity contribution in [3.8, 4) is 0 Å². The number of thioether (sulfide) groups is 1. The Kier molecular flexibility index (Phi) is 5.10. The highest BCUT2D eigenvalue weighted by Gasteiger charge is 2.30. The van der Waals surface area contributed by atoms with Crippen LogP contribution >= 0.6 is 27.7 Å². The molecule has 1 aromatic rings. The number of amides is 1. The highest BCUT2D eigenvalue weighted by molar-refractivity contribution is 9.10. The monoisotopic (exact) mass is 357 g/mol. The first-order valence-corrected chi connectivity index (χ1v) is 8.30. The normalized spacial score (nSPS) is 18.9. The number of rotatable bonds is 3. The van der Waals surface area contributed by atoms with Gasteiger partial charge < -0.3 is 10.0 Å². The molecule has 0 radical (unpaired) electrons. The lowest BCUT2D eigenvalue weighted by Gasteiger charge is -2.35. The van der Waals surface area contributed by atoms with Gasteiger partial charge >= 0.3 is 5.97 Å². The van der Waals surface area contributed by atoms with E-state index in [1.54, 1.807) is 22.7 Å². The van der Waals surface area contributed by atoms with Crippen LogP contribution in [-0.2, 0) is 4.79 Å². The van der Waals surface area contributed by atoms with Crippen LogP contribution in [0.5, 0.6) is 0 Å². The van der Waals surface area contributed by atoms with Gasteiger partial charge in [0.15, 0.2) is 0 Å². The molecule has 1 saturated heterocycles. The quantitative estimate of drug-likeness (QED) is 0.903. The second-order valence-corrected chi connectivity index (χ2v) is 6.85. The molecule has 1 aliphatic rings.